The first-order valence-corrected chi connectivity index (χ1v) is 6.67. The van der Waals surface area contributed by atoms with Crippen molar-refractivity contribution >= 4 is 16.7 Å². The second kappa shape index (κ2) is 4.42. The van der Waals surface area contributed by atoms with Crippen LogP contribution in [0.5, 0.6) is 0 Å². The number of hydrogen-bond acceptors (Lipinski definition) is 1. The van der Waals surface area contributed by atoms with Crippen molar-refractivity contribution in [3.05, 3.63) is 71.3 Å². The van der Waals surface area contributed by atoms with Crippen LogP contribution in [0, 0.1) is 0 Å². The minimum atomic E-state index is 1.10. The average molecular weight is 238 g/mol. The Morgan fingerprint density at radius 1 is 0.882 bits per heavy atom. The highest BCUT2D eigenvalue weighted by atomic mass is 32.2. The summed E-state index contributed by atoms with van der Waals surface area (Å²) in [5.41, 5.74) is 4.36. The average Bonchev–Trinajstić information content (AvgIpc) is 2.68. The summed E-state index contributed by atoms with van der Waals surface area (Å²) in [4.78, 5) is 2.75. The van der Waals surface area contributed by atoms with E-state index in [1.165, 1.54) is 26.5 Å². The molecule has 84 valence electrons. The Hall–Kier alpha value is -1.47. The second-order valence-electron chi connectivity index (χ2n) is 4.36. The van der Waals surface area contributed by atoms with Crippen molar-refractivity contribution in [3.63, 3.8) is 0 Å². The van der Waals surface area contributed by atoms with E-state index in [2.05, 4.69) is 61.5 Å². The van der Waals surface area contributed by atoms with E-state index < -0.39 is 0 Å². The maximum absolute atomic E-state index is 2.24. The summed E-state index contributed by atoms with van der Waals surface area (Å²) in [7, 11) is 0. The molecule has 17 heavy (non-hydrogen) atoms. The van der Waals surface area contributed by atoms with E-state index in [1.807, 2.05) is 11.8 Å². The van der Waals surface area contributed by atoms with Gasteiger partial charge in [-0.25, -0.2) is 0 Å². The fraction of sp³-hybridized carbons (Fsp3) is 0.125. The molecule has 2 aromatic rings. The smallest absolute Gasteiger partial charge is 0.0190 e. The van der Waals surface area contributed by atoms with E-state index in [9.17, 15) is 0 Å². The lowest BCUT2D eigenvalue weighted by molar-refractivity contribution is 1.19. The number of hydrogen-bond donors (Lipinski definition) is 0. The Morgan fingerprint density at radius 2 is 1.59 bits per heavy atom. The Kier molecular flexibility index (Phi) is 2.77. The van der Waals surface area contributed by atoms with Crippen LogP contribution >= 0.6 is 11.8 Å². The van der Waals surface area contributed by atoms with Crippen LogP contribution in [0.4, 0.5) is 0 Å². The van der Waals surface area contributed by atoms with Gasteiger partial charge in [-0.1, -0.05) is 59.8 Å². The summed E-state index contributed by atoms with van der Waals surface area (Å²) in [5.74, 6) is 0. The third-order valence-electron chi connectivity index (χ3n) is 3.07. The molecular formula is C16H14S. The maximum Gasteiger partial charge on any atom is 0.0190 e. The quantitative estimate of drug-likeness (QED) is 0.726. The number of fused-ring (bicyclic) bond motifs is 1. The summed E-state index contributed by atoms with van der Waals surface area (Å²) < 4.78 is 0. The van der Waals surface area contributed by atoms with Gasteiger partial charge in [0.2, 0.25) is 0 Å². The minimum Gasteiger partial charge on any atom is -0.0895 e. The molecule has 0 aliphatic heterocycles. The topological polar surface area (TPSA) is 0 Å². The molecule has 0 N–H and O–H groups in total. The van der Waals surface area contributed by atoms with Gasteiger partial charge in [-0.05, 0) is 36.6 Å². The number of benzene rings is 2. The first kappa shape index (κ1) is 10.7. The van der Waals surface area contributed by atoms with E-state index >= 15 is 0 Å². The number of rotatable bonds is 2. The Bertz CT molecular complexity index is 567. The SMILES string of the molecule is CC1=C(Sc2ccccc2)c2ccccc2C1. The lowest BCUT2D eigenvalue weighted by Gasteiger charge is -2.06. The van der Waals surface area contributed by atoms with Crippen LogP contribution in [-0.4, -0.2) is 0 Å². The normalized spacial score (nSPS) is 13.9. The zero-order chi connectivity index (χ0) is 11.7. The summed E-state index contributed by atoms with van der Waals surface area (Å²) in [6, 6.07) is 19.3. The van der Waals surface area contributed by atoms with Gasteiger partial charge in [-0.2, -0.15) is 0 Å². The minimum absolute atomic E-state index is 1.10. The van der Waals surface area contributed by atoms with E-state index in [4.69, 9.17) is 0 Å². The van der Waals surface area contributed by atoms with Gasteiger partial charge in [0.15, 0.2) is 0 Å². The van der Waals surface area contributed by atoms with Gasteiger partial charge in [0.25, 0.3) is 0 Å². The zero-order valence-electron chi connectivity index (χ0n) is 9.81. The van der Waals surface area contributed by atoms with Crippen LogP contribution in [0.25, 0.3) is 4.91 Å². The third kappa shape index (κ3) is 2.03. The molecule has 0 nitrogen and oxygen atoms in total. The molecule has 0 saturated heterocycles. The predicted octanol–water partition coefficient (Wildman–Crippen LogP) is 4.77. The van der Waals surface area contributed by atoms with Gasteiger partial charge >= 0.3 is 0 Å². The molecule has 0 saturated carbocycles. The highest BCUT2D eigenvalue weighted by molar-refractivity contribution is 8.08. The summed E-state index contributed by atoms with van der Waals surface area (Å²) in [5, 5.41) is 0. The molecule has 1 aliphatic carbocycles. The van der Waals surface area contributed by atoms with Crippen molar-refractivity contribution in [2.45, 2.75) is 18.2 Å². The van der Waals surface area contributed by atoms with Crippen molar-refractivity contribution in [1.82, 2.24) is 0 Å². The van der Waals surface area contributed by atoms with Crippen molar-refractivity contribution < 1.29 is 0 Å². The lowest BCUT2D eigenvalue weighted by Crippen LogP contribution is -1.80. The molecule has 0 radical (unpaired) electrons. The Labute approximate surface area is 106 Å². The van der Waals surface area contributed by atoms with Crippen LogP contribution in [0.2, 0.25) is 0 Å². The van der Waals surface area contributed by atoms with E-state index in [0.717, 1.165) is 6.42 Å². The first-order valence-electron chi connectivity index (χ1n) is 5.85. The molecule has 0 amide bonds. The van der Waals surface area contributed by atoms with E-state index in [-0.39, 0.29) is 0 Å². The standard InChI is InChI=1S/C16H14S/c1-12-11-13-7-5-6-10-15(13)16(12)17-14-8-3-2-4-9-14/h2-10H,11H2,1H3. The van der Waals surface area contributed by atoms with Crippen LogP contribution < -0.4 is 0 Å². The van der Waals surface area contributed by atoms with Crippen LogP contribution in [0.15, 0.2) is 65.1 Å². The fourth-order valence-electron chi connectivity index (χ4n) is 2.24. The van der Waals surface area contributed by atoms with Crippen molar-refractivity contribution in [1.29, 1.82) is 0 Å². The molecule has 0 spiro atoms. The maximum atomic E-state index is 2.24. The molecular weight excluding hydrogens is 224 g/mol. The highest BCUT2D eigenvalue weighted by Gasteiger charge is 2.18. The van der Waals surface area contributed by atoms with Gasteiger partial charge in [-0.3, -0.25) is 0 Å². The fourth-order valence-corrected chi connectivity index (χ4v) is 3.32. The van der Waals surface area contributed by atoms with Crippen LogP contribution in [0.1, 0.15) is 18.1 Å². The summed E-state index contributed by atoms with van der Waals surface area (Å²) in [6.45, 7) is 2.24. The molecule has 1 aliphatic rings. The summed E-state index contributed by atoms with van der Waals surface area (Å²) in [6.07, 6.45) is 1.10. The predicted molar refractivity (Wildman–Crippen MR) is 75.0 cm³/mol. The van der Waals surface area contributed by atoms with E-state index in [0.29, 0.717) is 0 Å². The molecule has 3 rings (SSSR count). The van der Waals surface area contributed by atoms with Crippen molar-refractivity contribution in [3.8, 4) is 0 Å². The van der Waals surface area contributed by atoms with Gasteiger partial charge in [0.1, 0.15) is 0 Å². The van der Waals surface area contributed by atoms with Gasteiger partial charge in [0, 0.05) is 9.80 Å². The molecule has 2 aromatic carbocycles. The number of thioether (sulfide) groups is 1. The van der Waals surface area contributed by atoms with Crippen molar-refractivity contribution in [2.75, 3.05) is 0 Å². The number of allylic oxidation sites excluding steroid dienone is 1. The molecule has 0 atom stereocenters. The Balaban J connectivity index is 1.96. The van der Waals surface area contributed by atoms with Crippen LogP contribution in [-0.2, 0) is 6.42 Å². The second-order valence-corrected chi connectivity index (χ2v) is 5.44. The van der Waals surface area contributed by atoms with E-state index in [1.54, 1.807) is 0 Å². The van der Waals surface area contributed by atoms with Gasteiger partial charge in [0.05, 0.1) is 0 Å². The van der Waals surface area contributed by atoms with Crippen LogP contribution in [0.3, 0.4) is 0 Å². The highest BCUT2D eigenvalue weighted by Crippen LogP contribution is 2.43. The molecule has 0 heterocycles. The van der Waals surface area contributed by atoms with Gasteiger partial charge in [-0.15, -0.1) is 0 Å². The molecule has 0 fully saturated rings. The largest absolute Gasteiger partial charge is 0.0895 e. The molecule has 0 unspecified atom stereocenters. The molecule has 1 heteroatoms. The monoisotopic (exact) mass is 238 g/mol. The zero-order valence-corrected chi connectivity index (χ0v) is 10.6. The van der Waals surface area contributed by atoms with Crippen molar-refractivity contribution in [2.24, 2.45) is 0 Å². The third-order valence-corrected chi connectivity index (χ3v) is 4.35. The molecule has 0 bridgehead atoms. The van der Waals surface area contributed by atoms with Gasteiger partial charge < -0.3 is 0 Å². The lowest BCUT2D eigenvalue weighted by atomic mass is 10.1. The Morgan fingerprint density at radius 3 is 2.41 bits per heavy atom. The first-order chi connectivity index (χ1) is 8.34. The summed E-state index contributed by atoms with van der Waals surface area (Å²) >= 11 is 1.88. The molecule has 0 aromatic heterocycles.